The predicted molar refractivity (Wildman–Crippen MR) is 80.3 cm³/mol. The van der Waals surface area contributed by atoms with Gasteiger partial charge in [0.25, 0.3) is 0 Å². The van der Waals surface area contributed by atoms with Crippen LogP contribution in [0.2, 0.25) is 0 Å². The minimum absolute atomic E-state index is 0.183. The molecule has 6 heteroatoms. The van der Waals surface area contributed by atoms with Crippen LogP contribution in [-0.2, 0) is 9.31 Å². The van der Waals surface area contributed by atoms with Crippen LogP contribution in [0.5, 0.6) is 5.75 Å². The zero-order valence-electron chi connectivity index (χ0n) is 13.1. The molecular formula is C15H21BO5. The van der Waals surface area contributed by atoms with E-state index < -0.39 is 24.3 Å². The topological polar surface area (TPSA) is 65.0 Å². The van der Waals surface area contributed by atoms with E-state index in [1.807, 2.05) is 34.6 Å². The lowest BCUT2D eigenvalue weighted by atomic mass is 9.77. The lowest BCUT2D eigenvalue weighted by molar-refractivity contribution is 0.00578. The van der Waals surface area contributed by atoms with Crippen LogP contribution in [0.15, 0.2) is 18.2 Å². The Morgan fingerprint density at radius 1 is 1.24 bits per heavy atom. The van der Waals surface area contributed by atoms with Crippen LogP contribution in [0, 0.1) is 0 Å². The molecule has 0 atom stereocenters. The molecule has 1 fully saturated rings. The van der Waals surface area contributed by atoms with Gasteiger partial charge in [-0.05, 0) is 52.8 Å². The molecule has 0 unspecified atom stereocenters. The number of benzene rings is 1. The maximum atomic E-state index is 11.2. The molecule has 1 heterocycles. The molecule has 2 rings (SSSR count). The molecule has 0 amide bonds. The van der Waals surface area contributed by atoms with E-state index in [0.29, 0.717) is 17.8 Å². The average molecular weight is 292 g/mol. The Balaban J connectivity index is 2.42. The molecule has 1 aliphatic rings. The summed E-state index contributed by atoms with van der Waals surface area (Å²) in [6.45, 7) is 10.2. The van der Waals surface area contributed by atoms with E-state index in [2.05, 4.69) is 0 Å². The highest BCUT2D eigenvalue weighted by Crippen LogP contribution is 2.37. The van der Waals surface area contributed by atoms with Crippen molar-refractivity contribution in [2.75, 3.05) is 6.61 Å². The summed E-state index contributed by atoms with van der Waals surface area (Å²) in [7, 11) is -0.643. The third kappa shape index (κ3) is 2.92. The largest absolute Gasteiger partial charge is 0.498 e. The number of carboxylic acids is 1. The first-order valence-electron chi connectivity index (χ1n) is 7.03. The van der Waals surface area contributed by atoms with Crippen molar-refractivity contribution in [1.82, 2.24) is 0 Å². The van der Waals surface area contributed by atoms with Crippen molar-refractivity contribution in [1.29, 1.82) is 0 Å². The highest BCUT2D eigenvalue weighted by Gasteiger charge is 2.52. The van der Waals surface area contributed by atoms with E-state index in [4.69, 9.17) is 19.2 Å². The molecule has 0 aliphatic carbocycles. The molecule has 0 aromatic heterocycles. The monoisotopic (exact) mass is 292 g/mol. The minimum Gasteiger partial charge on any atom is -0.494 e. The molecule has 5 nitrogen and oxygen atoms in total. The van der Waals surface area contributed by atoms with Gasteiger partial charge in [0.15, 0.2) is 0 Å². The van der Waals surface area contributed by atoms with Crippen molar-refractivity contribution < 1.29 is 23.9 Å². The Kier molecular flexibility index (Phi) is 4.04. The van der Waals surface area contributed by atoms with Gasteiger partial charge in [0.1, 0.15) is 5.75 Å². The second-order valence-electron chi connectivity index (χ2n) is 6.08. The summed E-state index contributed by atoms with van der Waals surface area (Å²) in [6, 6.07) is 4.71. The number of rotatable bonds is 4. The normalized spacial score (nSPS) is 19.6. The van der Waals surface area contributed by atoms with Gasteiger partial charge >= 0.3 is 13.1 Å². The molecule has 1 aromatic rings. The van der Waals surface area contributed by atoms with Crippen LogP contribution in [0.3, 0.4) is 0 Å². The SMILES string of the molecule is CCOc1ccc(C(=O)O)cc1B1OC(C)(C)C(C)(C)O1. The van der Waals surface area contributed by atoms with Crippen molar-refractivity contribution in [2.24, 2.45) is 0 Å². The van der Waals surface area contributed by atoms with E-state index in [0.717, 1.165) is 0 Å². The van der Waals surface area contributed by atoms with Gasteiger partial charge in [-0.1, -0.05) is 0 Å². The highest BCUT2D eigenvalue weighted by molar-refractivity contribution is 6.63. The fraction of sp³-hybridized carbons (Fsp3) is 0.533. The first-order chi connectivity index (χ1) is 9.68. The van der Waals surface area contributed by atoms with Crippen LogP contribution in [0.1, 0.15) is 45.0 Å². The Hall–Kier alpha value is -1.53. The van der Waals surface area contributed by atoms with E-state index >= 15 is 0 Å². The second-order valence-corrected chi connectivity index (χ2v) is 6.08. The van der Waals surface area contributed by atoms with Gasteiger partial charge in [-0.15, -0.1) is 0 Å². The van der Waals surface area contributed by atoms with Gasteiger partial charge in [0.2, 0.25) is 0 Å². The fourth-order valence-electron chi connectivity index (χ4n) is 2.12. The molecule has 0 saturated carbocycles. The maximum absolute atomic E-state index is 11.2. The summed E-state index contributed by atoms with van der Waals surface area (Å²) in [4.78, 5) is 11.2. The van der Waals surface area contributed by atoms with E-state index in [1.54, 1.807) is 12.1 Å². The average Bonchev–Trinajstić information content (AvgIpc) is 2.59. The fourth-order valence-corrected chi connectivity index (χ4v) is 2.12. The zero-order chi connectivity index (χ0) is 15.8. The van der Waals surface area contributed by atoms with Crippen molar-refractivity contribution in [3.63, 3.8) is 0 Å². The van der Waals surface area contributed by atoms with Gasteiger partial charge in [0.05, 0.1) is 23.4 Å². The number of carbonyl (C=O) groups is 1. The Morgan fingerprint density at radius 3 is 2.29 bits per heavy atom. The molecule has 0 bridgehead atoms. The van der Waals surface area contributed by atoms with Gasteiger partial charge < -0.3 is 19.2 Å². The minimum atomic E-state index is -0.990. The van der Waals surface area contributed by atoms with Crippen molar-refractivity contribution in [2.45, 2.75) is 45.8 Å². The van der Waals surface area contributed by atoms with Crippen molar-refractivity contribution in [3.8, 4) is 5.75 Å². The molecule has 0 radical (unpaired) electrons. The van der Waals surface area contributed by atoms with Gasteiger partial charge in [-0.2, -0.15) is 0 Å². The predicted octanol–water partition coefficient (Wildman–Crippen LogP) is 2.08. The molecule has 21 heavy (non-hydrogen) atoms. The maximum Gasteiger partial charge on any atom is 0.498 e. The lowest BCUT2D eigenvalue weighted by Crippen LogP contribution is -2.41. The van der Waals surface area contributed by atoms with Crippen LogP contribution < -0.4 is 10.2 Å². The standard InChI is InChI=1S/C15H21BO5/c1-6-19-12-8-7-10(13(17)18)9-11(12)16-20-14(2,3)15(4,5)21-16/h7-9H,6H2,1-5H3,(H,17,18). The molecule has 1 saturated heterocycles. The first-order valence-corrected chi connectivity index (χ1v) is 7.03. The van der Waals surface area contributed by atoms with Gasteiger partial charge in [-0.25, -0.2) is 4.79 Å². The summed E-state index contributed by atoms with van der Waals surface area (Å²) in [6.07, 6.45) is 0. The van der Waals surface area contributed by atoms with E-state index in [-0.39, 0.29) is 5.56 Å². The Morgan fingerprint density at radius 2 is 1.81 bits per heavy atom. The molecule has 114 valence electrons. The van der Waals surface area contributed by atoms with Gasteiger partial charge in [0, 0.05) is 5.46 Å². The summed E-state index contributed by atoms with van der Waals surface area (Å²) in [5.41, 5.74) is -0.181. The summed E-state index contributed by atoms with van der Waals surface area (Å²) < 4.78 is 17.5. The number of ether oxygens (including phenoxy) is 1. The third-order valence-electron chi connectivity index (χ3n) is 4.06. The number of hydrogen-bond acceptors (Lipinski definition) is 4. The zero-order valence-corrected chi connectivity index (χ0v) is 13.1. The third-order valence-corrected chi connectivity index (χ3v) is 4.06. The van der Waals surface area contributed by atoms with Crippen LogP contribution in [-0.4, -0.2) is 36.0 Å². The molecule has 0 spiro atoms. The summed E-state index contributed by atoms with van der Waals surface area (Å²) >= 11 is 0. The van der Waals surface area contributed by atoms with Crippen LogP contribution in [0.25, 0.3) is 0 Å². The summed E-state index contributed by atoms with van der Waals surface area (Å²) in [5, 5.41) is 9.16. The van der Waals surface area contributed by atoms with E-state index in [9.17, 15) is 4.79 Å². The van der Waals surface area contributed by atoms with E-state index in [1.165, 1.54) is 6.07 Å². The number of carboxylic acid groups (broad SMARTS) is 1. The molecule has 1 N–H and O–H groups in total. The lowest BCUT2D eigenvalue weighted by Gasteiger charge is -2.32. The van der Waals surface area contributed by atoms with Gasteiger partial charge in [-0.3, -0.25) is 0 Å². The molecular weight excluding hydrogens is 271 g/mol. The molecule has 1 aliphatic heterocycles. The van der Waals surface area contributed by atoms with Crippen molar-refractivity contribution in [3.05, 3.63) is 23.8 Å². The quantitative estimate of drug-likeness (QED) is 0.861. The van der Waals surface area contributed by atoms with Crippen molar-refractivity contribution >= 4 is 18.6 Å². The Labute approximate surface area is 125 Å². The molecule has 1 aromatic carbocycles. The highest BCUT2D eigenvalue weighted by atomic mass is 16.7. The summed E-state index contributed by atoms with van der Waals surface area (Å²) in [5.74, 6) is -0.406. The van der Waals surface area contributed by atoms with Crippen LogP contribution in [0.4, 0.5) is 0 Å². The number of hydrogen-bond donors (Lipinski definition) is 1. The first kappa shape index (κ1) is 15.9. The smallest absolute Gasteiger partial charge is 0.494 e. The second kappa shape index (κ2) is 5.35. The Bertz CT molecular complexity index is 537. The van der Waals surface area contributed by atoms with Crippen LogP contribution >= 0.6 is 0 Å². The number of aromatic carboxylic acids is 1.